The lowest BCUT2D eigenvalue weighted by Crippen LogP contribution is -2.30. The normalized spacial score (nSPS) is 12.7. The Morgan fingerprint density at radius 3 is 2.90 bits per heavy atom. The number of nitrogens with one attached hydrogen (secondary N) is 1. The summed E-state index contributed by atoms with van der Waals surface area (Å²) in [6.07, 6.45) is 3.38. The van der Waals surface area contributed by atoms with Crippen LogP contribution >= 0.6 is 15.9 Å². The average molecular weight is 341 g/mol. The molecule has 2 aromatic rings. The summed E-state index contributed by atoms with van der Waals surface area (Å²) in [6, 6.07) is 4.92. The molecule has 0 aliphatic carbocycles. The highest BCUT2D eigenvalue weighted by Crippen LogP contribution is 2.27. The van der Waals surface area contributed by atoms with E-state index in [1.54, 1.807) is 10.7 Å². The van der Waals surface area contributed by atoms with Crippen LogP contribution in [-0.4, -0.2) is 9.78 Å². The van der Waals surface area contributed by atoms with Gasteiger partial charge in [0.25, 0.3) is 0 Å². The van der Waals surface area contributed by atoms with Crippen molar-refractivity contribution in [1.82, 2.24) is 15.2 Å². The van der Waals surface area contributed by atoms with E-state index in [1.807, 2.05) is 19.3 Å². The van der Waals surface area contributed by atoms with Crippen LogP contribution in [0.15, 0.2) is 28.9 Å². The summed E-state index contributed by atoms with van der Waals surface area (Å²) in [4.78, 5) is 0. The van der Waals surface area contributed by atoms with Crippen LogP contribution in [0.5, 0.6) is 0 Å². The van der Waals surface area contributed by atoms with Gasteiger partial charge in [-0.25, -0.2) is 4.39 Å². The van der Waals surface area contributed by atoms with Crippen LogP contribution in [0.25, 0.3) is 0 Å². The highest BCUT2D eigenvalue weighted by Gasteiger charge is 2.19. The molecular weight excluding hydrogens is 323 g/mol. The molecule has 1 unspecified atom stereocenters. The van der Waals surface area contributed by atoms with Crippen molar-refractivity contribution in [3.8, 4) is 0 Å². The predicted octanol–water partition coefficient (Wildman–Crippen LogP) is 2.63. The first-order valence-corrected chi connectivity index (χ1v) is 7.27. The zero-order valence-electron chi connectivity index (χ0n) is 11.5. The lowest BCUT2D eigenvalue weighted by molar-refractivity contribution is 0.542. The molecule has 20 heavy (non-hydrogen) atoms. The summed E-state index contributed by atoms with van der Waals surface area (Å²) in [6.45, 7) is 2.05. The second-order valence-electron chi connectivity index (χ2n) is 4.69. The Morgan fingerprint density at radius 2 is 2.25 bits per heavy atom. The van der Waals surface area contributed by atoms with E-state index in [1.165, 1.54) is 6.07 Å². The van der Waals surface area contributed by atoms with Gasteiger partial charge in [-0.15, -0.1) is 0 Å². The number of hydrazine groups is 1. The Balaban J connectivity index is 2.31. The molecular formula is C14H18BrFN4. The summed E-state index contributed by atoms with van der Waals surface area (Å²) in [5, 5.41) is 4.41. The van der Waals surface area contributed by atoms with Crippen LogP contribution in [0.3, 0.4) is 0 Å². The molecule has 0 saturated carbocycles. The molecule has 108 valence electrons. The van der Waals surface area contributed by atoms with E-state index >= 15 is 0 Å². The number of rotatable bonds is 5. The standard InChI is InChI=1S/C14H18BrFN4/c1-3-12-10(8-20(2)19-12)13(18-17)7-9-5-4-6-11(16)14(9)15/h4-6,8,13,18H,3,7,17H2,1-2H3. The van der Waals surface area contributed by atoms with Gasteiger partial charge >= 0.3 is 0 Å². The molecule has 4 nitrogen and oxygen atoms in total. The summed E-state index contributed by atoms with van der Waals surface area (Å²) >= 11 is 3.29. The second-order valence-corrected chi connectivity index (χ2v) is 5.49. The minimum Gasteiger partial charge on any atom is -0.275 e. The van der Waals surface area contributed by atoms with Crippen molar-refractivity contribution in [1.29, 1.82) is 0 Å². The van der Waals surface area contributed by atoms with Crippen LogP contribution in [0, 0.1) is 5.82 Å². The number of aryl methyl sites for hydroxylation is 2. The molecule has 0 fully saturated rings. The van der Waals surface area contributed by atoms with Crippen molar-refractivity contribution < 1.29 is 4.39 Å². The third-order valence-electron chi connectivity index (χ3n) is 3.30. The van der Waals surface area contributed by atoms with E-state index < -0.39 is 0 Å². The van der Waals surface area contributed by atoms with Gasteiger partial charge in [0.2, 0.25) is 0 Å². The number of halogens is 2. The summed E-state index contributed by atoms with van der Waals surface area (Å²) in [5.74, 6) is 5.41. The van der Waals surface area contributed by atoms with E-state index in [0.29, 0.717) is 10.9 Å². The minimum absolute atomic E-state index is 0.100. The van der Waals surface area contributed by atoms with Crippen molar-refractivity contribution in [3.05, 3.63) is 51.5 Å². The largest absolute Gasteiger partial charge is 0.275 e. The van der Waals surface area contributed by atoms with Gasteiger partial charge in [0.1, 0.15) is 5.82 Å². The SMILES string of the molecule is CCc1nn(C)cc1C(Cc1cccc(F)c1Br)NN. The van der Waals surface area contributed by atoms with E-state index in [0.717, 1.165) is 23.2 Å². The molecule has 2 rings (SSSR count). The van der Waals surface area contributed by atoms with Gasteiger partial charge in [-0.1, -0.05) is 19.1 Å². The molecule has 0 saturated heterocycles. The number of aromatic nitrogens is 2. The first-order chi connectivity index (χ1) is 9.56. The molecule has 1 aromatic heterocycles. The van der Waals surface area contributed by atoms with E-state index in [4.69, 9.17) is 5.84 Å². The summed E-state index contributed by atoms with van der Waals surface area (Å²) < 4.78 is 15.8. The van der Waals surface area contributed by atoms with Crippen LogP contribution in [-0.2, 0) is 19.9 Å². The Hall–Kier alpha value is -1.24. The molecule has 1 aromatic carbocycles. The van der Waals surface area contributed by atoms with Gasteiger partial charge in [-0.3, -0.25) is 16.0 Å². The monoisotopic (exact) mass is 340 g/mol. The molecule has 1 atom stereocenters. The second kappa shape index (κ2) is 6.47. The topological polar surface area (TPSA) is 55.9 Å². The Bertz CT molecular complexity index is 597. The predicted molar refractivity (Wildman–Crippen MR) is 80.5 cm³/mol. The molecule has 3 N–H and O–H groups in total. The van der Waals surface area contributed by atoms with Gasteiger partial charge in [-0.05, 0) is 40.4 Å². The zero-order valence-corrected chi connectivity index (χ0v) is 13.1. The molecule has 0 aliphatic rings. The lowest BCUT2D eigenvalue weighted by Gasteiger charge is -2.17. The highest BCUT2D eigenvalue weighted by atomic mass is 79.9. The van der Waals surface area contributed by atoms with Gasteiger partial charge in [0, 0.05) is 18.8 Å². The number of nitrogens with two attached hydrogens (primary N) is 1. The first kappa shape index (κ1) is 15.2. The van der Waals surface area contributed by atoms with Gasteiger partial charge < -0.3 is 0 Å². The van der Waals surface area contributed by atoms with E-state index in [9.17, 15) is 4.39 Å². The minimum atomic E-state index is -0.264. The number of hydrogen-bond acceptors (Lipinski definition) is 3. The summed E-state index contributed by atoms with van der Waals surface area (Å²) in [7, 11) is 1.88. The zero-order chi connectivity index (χ0) is 14.7. The molecule has 6 heteroatoms. The van der Waals surface area contributed by atoms with Crippen molar-refractivity contribution in [2.75, 3.05) is 0 Å². The quantitative estimate of drug-likeness (QED) is 0.649. The fraction of sp³-hybridized carbons (Fsp3) is 0.357. The molecule has 0 radical (unpaired) electrons. The number of nitrogens with zero attached hydrogens (tertiary/aromatic N) is 2. The maximum Gasteiger partial charge on any atom is 0.137 e. The fourth-order valence-electron chi connectivity index (χ4n) is 2.30. The van der Waals surface area contributed by atoms with Crippen LogP contribution in [0.1, 0.15) is 29.8 Å². The summed E-state index contributed by atoms with van der Waals surface area (Å²) in [5.41, 5.74) is 5.73. The van der Waals surface area contributed by atoms with Gasteiger partial charge in [-0.2, -0.15) is 5.10 Å². The highest BCUT2D eigenvalue weighted by molar-refractivity contribution is 9.10. The lowest BCUT2D eigenvalue weighted by atomic mass is 9.99. The van der Waals surface area contributed by atoms with E-state index in [-0.39, 0.29) is 11.9 Å². The smallest absolute Gasteiger partial charge is 0.137 e. The molecule has 1 heterocycles. The van der Waals surface area contributed by atoms with Crippen molar-refractivity contribution in [2.24, 2.45) is 12.9 Å². The molecule has 0 aliphatic heterocycles. The third-order valence-corrected chi connectivity index (χ3v) is 4.19. The molecule has 0 bridgehead atoms. The van der Waals surface area contributed by atoms with Crippen LogP contribution in [0.4, 0.5) is 4.39 Å². The van der Waals surface area contributed by atoms with Crippen LogP contribution < -0.4 is 11.3 Å². The number of hydrogen-bond donors (Lipinski definition) is 2. The number of benzene rings is 1. The van der Waals surface area contributed by atoms with Gasteiger partial charge in [0.05, 0.1) is 16.2 Å². The van der Waals surface area contributed by atoms with E-state index in [2.05, 4.69) is 33.4 Å². The molecule has 0 spiro atoms. The third kappa shape index (κ3) is 3.08. The Labute approximate surface area is 126 Å². The maximum atomic E-state index is 13.6. The van der Waals surface area contributed by atoms with Crippen molar-refractivity contribution in [2.45, 2.75) is 25.8 Å². The maximum absolute atomic E-state index is 13.6. The van der Waals surface area contributed by atoms with Crippen molar-refractivity contribution in [3.63, 3.8) is 0 Å². The first-order valence-electron chi connectivity index (χ1n) is 6.48. The van der Waals surface area contributed by atoms with Crippen molar-refractivity contribution >= 4 is 15.9 Å². The molecule has 0 amide bonds. The average Bonchev–Trinajstić information content (AvgIpc) is 2.81. The van der Waals surface area contributed by atoms with Crippen LogP contribution in [0.2, 0.25) is 0 Å². The Kier molecular flexibility index (Phi) is 4.91. The van der Waals surface area contributed by atoms with Gasteiger partial charge in [0.15, 0.2) is 0 Å². The Morgan fingerprint density at radius 1 is 1.50 bits per heavy atom. The fourth-order valence-corrected chi connectivity index (χ4v) is 2.73.